The van der Waals surface area contributed by atoms with Crippen LogP contribution in [0.4, 0.5) is 4.39 Å². The van der Waals surface area contributed by atoms with E-state index in [-0.39, 0.29) is 22.8 Å². The molecule has 1 atom stereocenters. The van der Waals surface area contributed by atoms with Crippen LogP contribution in [0.3, 0.4) is 0 Å². The first-order chi connectivity index (χ1) is 11.7. The summed E-state index contributed by atoms with van der Waals surface area (Å²) in [5, 5.41) is 2.75. The third kappa shape index (κ3) is 3.23. The van der Waals surface area contributed by atoms with E-state index in [9.17, 15) is 14.0 Å². The first-order valence-corrected chi connectivity index (χ1v) is 8.40. The topological polar surface area (TPSA) is 59.3 Å². The minimum Gasteiger partial charge on any atom is -0.455 e. The van der Waals surface area contributed by atoms with E-state index in [1.807, 2.05) is 13.8 Å². The number of fused-ring (bicyclic) bond motifs is 1. The molecule has 1 aliphatic rings. The van der Waals surface area contributed by atoms with Crippen molar-refractivity contribution in [3.63, 3.8) is 0 Å². The number of nitrogens with one attached hydrogen (secondary N) is 1. The fourth-order valence-corrected chi connectivity index (χ4v) is 3.47. The van der Waals surface area contributed by atoms with Crippen molar-refractivity contribution in [2.24, 2.45) is 5.41 Å². The number of benzene rings is 1. The van der Waals surface area contributed by atoms with Gasteiger partial charge >= 0.3 is 0 Å². The molecule has 4 nitrogen and oxygen atoms in total. The zero-order chi connectivity index (χ0) is 18.4. The van der Waals surface area contributed by atoms with Crippen LogP contribution in [-0.4, -0.2) is 11.7 Å². The molecule has 132 valence electrons. The summed E-state index contributed by atoms with van der Waals surface area (Å²) >= 11 is 0. The maximum Gasteiger partial charge on any atom is 0.287 e. The van der Waals surface area contributed by atoms with Gasteiger partial charge in [0.05, 0.1) is 11.6 Å². The van der Waals surface area contributed by atoms with Crippen LogP contribution >= 0.6 is 0 Å². The lowest BCUT2D eigenvalue weighted by Gasteiger charge is -2.27. The number of amides is 1. The zero-order valence-electron chi connectivity index (χ0n) is 14.9. The number of furan rings is 1. The Hall–Kier alpha value is -2.43. The van der Waals surface area contributed by atoms with Gasteiger partial charge in [-0.2, -0.15) is 0 Å². The molecule has 0 saturated carbocycles. The summed E-state index contributed by atoms with van der Waals surface area (Å²) in [6.07, 6.45) is 1.05. The van der Waals surface area contributed by atoms with Crippen molar-refractivity contribution in [1.82, 2.24) is 5.32 Å². The number of halogens is 1. The average molecular weight is 343 g/mol. The van der Waals surface area contributed by atoms with Gasteiger partial charge in [-0.05, 0) is 25.3 Å². The molecule has 1 N–H and O–H groups in total. The number of carbonyl (C=O) groups is 2. The molecule has 0 bridgehead atoms. The van der Waals surface area contributed by atoms with Gasteiger partial charge in [0, 0.05) is 24.0 Å². The van der Waals surface area contributed by atoms with Gasteiger partial charge in [-0.3, -0.25) is 9.59 Å². The number of hydrogen-bond donors (Lipinski definition) is 1. The van der Waals surface area contributed by atoms with E-state index in [1.165, 1.54) is 6.07 Å². The van der Waals surface area contributed by atoms with E-state index in [0.29, 0.717) is 35.3 Å². The normalized spacial score (nSPS) is 17.1. The first kappa shape index (κ1) is 17.4. The lowest BCUT2D eigenvalue weighted by Crippen LogP contribution is -2.27. The zero-order valence-corrected chi connectivity index (χ0v) is 14.9. The highest BCUT2D eigenvalue weighted by Crippen LogP contribution is 2.38. The summed E-state index contributed by atoms with van der Waals surface area (Å²) in [6, 6.07) is 5.80. The molecule has 0 radical (unpaired) electrons. The number of rotatable bonds is 3. The van der Waals surface area contributed by atoms with Crippen molar-refractivity contribution < 1.29 is 18.4 Å². The van der Waals surface area contributed by atoms with Gasteiger partial charge in [-0.15, -0.1) is 0 Å². The second-order valence-electron chi connectivity index (χ2n) is 7.51. The van der Waals surface area contributed by atoms with E-state index < -0.39 is 11.9 Å². The highest BCUT2D eigenvalue weighted by Gasteiger charge is 2.37. The molecule has 1 amide bonds. The maximum atomic E-state index is 13.9. The lowest BCUT2D eigenvalue weighted by atomic mass is 9.76. The largest absolute Gasteiger partial charge is 0.455 e. The molecule has 1 aliphatic carbocycles. The summed E-state index contributed by atoms with van der Waals surface area (Å²) in [7, 11) is 0. The van der Waals surface area contributed by atoms with E-state index in [1.54, 1.807) is 32.0 Å². The molecule has 25 heavy (non-hydrogen) atoms. The Morgan fingerprint density at radius 2 is 1.96 bits per heavy atom. The van der Waals surface area contributed by atoms with E-state index in [0.717, 1.165) is 0 Å². The molecule has 0 spiro atoms. The summed E-state index contributed by atoms with van der Waals surface area (Å²) in [4.78, 5) is 25.0. The van der Waals surface area contributed by atoms with Gasteiger partial charge in [0.15, 0.2) is 11.5 Å². The van der Waals surface area contributed by atoms with Gasteiger partial charge in [-0.1, -0.05) is 32.0 Å². The number of carbonyl (C=O) groups excluding carboxylic acids is 2. The Balaban J connectivity index is 1.87. The number of Topliss-reactive ketones (excluding diaryl/α,β-unsaturated/α-hetero) is 1. The predicted octanol–water partition coefficient (Wildman–Crippen LogP) is 4.37. The van der Waals surface area contributed by atoms with Crippen molar-refractivity contribution in [3.05, 3.63) is 58.3 Å². The van der Waals surface area contributed by atoms with Gasteiger partial charge in [0.1, 0.15) is 11.6 Å². The minimum absolute atomic E-state index is 0.00806. The van der Waals surface area contributed by atoms with Crippen LogP contribution in [0.25, 0.3) is 0 Å². The van der Waals surface area contributed by atoms with Crippen LogP contribution in [0, 0.1) is 18.2 Å². The van der Waals surface area contributed by atoms with Crippen molar-refractivity contribution in [2.75, 3.05) is 0 Å². The fraction of sp³-hybridized carbons (Fsp3) is 0.400. The molecule has 0 unspecified atom stereocenters. The predicted molar refractivity (Wildman–Crippen MR) is 92.2 cm³/mol. The summed E-state index contributed by atoms with van der Waals surface area (Å²) < 4.78 is 19.6. The van der Waals surface area contributed by atoms with Gasteiger partial charge < -0.3 is 9.73 Å². The van der Waals surface area contributed by atoms with Crippen LogP contribution < -0.4 is 5.32 Å². The highest BCUT2D eigenvalue weighted by molar-refractivity contribution is 6.03. The molecule has 1 aromatic heterocycles. The van der Waals surface area contributed by atoms with E-state index >= 15 is 0 Å². The van der Waals surface area contributed by atoms with Crippen LogP contribution in [0.5, 0.6) is 0 Å². The second-order valence-corrected chi connectivity index (χ2v) is 7.51. The highest BCUT2D eigenvalue weighted by atomic mass is 19.1. The maximum absolute atomic E-state index is 13.9. The van der Waals surface area contributed by atoms with Crippen molar-refractivity contribution in [2.45, 2.75) is 46.6 Å². The Kier molecular flexibility index (Phi) is 4.27. The summed E-state index contributed by atoms with van der Waals surface area (Å²) in [5.74, 6) is -0.0914. The molecule has 1 heterocycles. The Morgan fingerprint density at radius 1 is 1.28 bits per heavy atom. The van der Waals surface area contributed by atoms with Crippen LogP contribution in [-0.2, 0) is 6.42 Å². The van der Waals surface area contributed by atoms with Crippen LogP contribution in [0.15, 0.2) is 28.7 Å². The summed E-state index contributed by atoms with van der Waals surface area (Å²) in [6.45, 7) is 7.45. The Bertz CT molecular complexity index is 851. The third-order valence-electron chi connectivity index (χ3n) is 4.70. The standard InChI is InChI=1S/C20H22FNO3/c1-11-17-15(23)9-20(3,4)10-16(17)25-18(11)19(24)22-12(2)13-7-5-6-8-14(13)21/h5-8,12H,9-10H2,1-4H3,(H,22,24)/t12-/m0/s1. The van der Waals surface area contributed by atoms with Crippen LogP contribution in [0.2, 0.25) is 0 Å². The second kappa shape index (κ2) is 6.14. The molecule has 0 aliphatic heterocycles. The third-order valence-corrected chi connectivity index (χ3v) is 4.70. The molecular formula is C20H22FNO3. The summed E-state index contributed by atoms with van der Waals surface area (Å²) in [5.41, 5.74) is 1.32. The lowest BCUT2D eigenvalue weighted by molar-refractivity contribution is 0.0883. The molecule has 2 aromatic rings. The first-order valence-electron chi connectivity index (χ1n) is 8.40. The van der Waals surface area contributed by atoms with Crippen LogP contribution in [0.1, 0.15) is 71.0 Å². The molecule has 1 aromatic carbocycles. The minimum atomic E-state index is -0.512. The Morgan fingerprint density at radius 3 is 2.64 bits per heavy atom. The van der Waals surface area contributed by atoms with E-state index in [4.69, 9.17) is 4.42 Å². The SMILES string of the molecule is Cc1c(C(=O)N[C@@H](C)c2ccccc2F)oc2c1C(=O)CC(C)(C)C2. The average Bonchev–Trinajstić information content (AvgIpc) is 2.83. The molecule has 5 heteroatoms. The molecule has 0 fully saturated rings. The van der Waals surface area contributed by atoms with Gasteiger partial charge in [0.25, 0.3) is 5.91 Å². The molecular weight excluding hydrogens is 321 g/mol. The number of hydrogen-bond acceptors (Lipinski definition) is 3. The van der Waals surface area contributed by atoms with Crippen molar-refractivity contribution in [1.29, 1.82) is 0 Å². The van der Waals surface area contributed by atoms with Crippen molar-refractivity contribution in [3.8, 4) is 0 Å². The van der Waals surface area contributed by atoms with Gasteiger partial charge in [-0.25, -0.2) is 4.39 Å². The number of ketones is 1. The van der Waals surface area contributed by atoms with Crippen molar-refractivity contribution >= 4 is 11.7 Å². The molecule has 0 saturated heterocycles. The van der Waals surface area contributed by atoms with E-state index in [2.05, 4.69) is 5.32 Å². The quantitative estimate of drug-likeness (QED) is 0.900. The fourth-order valence-electron chi connectivity index (χ4n) is 3.47. The monoisotopic (exact) mass is 343 g/mol. The Labute approximate surface area is 146 Å². The smallest absolute Gasteiger partial charge is 0.287 e. The molecule has 3 rings (SSSR count). The van der Waals surface area contributed by atoms with Gasteiger partial charge in [0.2, 0.25) is 0 Å².